The maximum atomic E-state index is 2.24. The molecule has 0 aliphatic carbocycles. The van der Waals surface area contributed by atoms with E-state index in [1.807, 2.05) is 0 Å². The van der Waals surface area contributed by atoms with Gasteiger partial charge in [-0.25, -0.2) is 0 Å². The molecule has 0 atom stereocenters. The summed E-state index contributed by atoms with van der Waals surface area (Å²) in [6.45, 7) is 0. The topological polar surface area (TPSA) is 0 Å². The quantitative estimate of drug-likeness (QED) is 0.407. The Labute approximate surface area is 99.4 Å². The summed E-state index contributed by atoms with van der Waals surface area (Å²) in [4.78, 5) is 0. The van der Waals surface area contributed by atoms with Gasteiger partial charge in [0.25, 0.3) is 0 Å². The fourth-order valence-electron chi connectivity index (χ4n) is 1.88. The molecule has 0 amide bonds. The number of hydrogen-bond acceptors (Lipinski definition) is 0. The molecule has 1 radical (unpaired) electrons. The molecule has 0 heterocycles. The van der Waals surface area contributed by atoms with E-state index in [0.717, 1.165) is 0 Å². The first-order valence-corrected chi connectivity index (χ1v) is 4.81. The van der Waals surface area contributed by atoms with Gasteiger partial charge in [-0.1, -0.05) is 48.5 Å². The van der Waals surface area contributed by atoms with Gasteiger partial charge in [-0.3, -0.25) is 0 Å². The Kier molecular flexibility index (Phi) is 2.77. The van der Waals surface area contributed by atoms with Gasteiger partial charge in [0.1, 0.15) is 0 Å². The van der Waals surface area contributed by atoms with E-state index in [1.165, 1.54) is 21.5 Å². The SMILES string of the molecule is [Mn].c1ccc2cc3ccccc3cc2c1. The molecule has 0 bridgehead atoms. The van der Waals surface area contributed by atoms with E-state index in [2.05, 4.69) is 60.7 Å². The average Bonchev–Trinajstić information content (AvgIpc) is 2.26. The minimum absolute atomic E-state index is 0. The average molecular weight is 233 g/mol. The van der Waals surface area contributed by atoms with Crippen LogP contribution in [0.3, 0.4) is 0 Å². The molecule has 0 spiro atoms. The van der Waals surface area contributed by atoms with Gasteiger partial charge >= 0.3 is 0 Å². The molecule has 0 aliphatic rings. The van der Waals surface area contributed by atoms with Crippen LogP contribution >= 0.6 is 0 Å². The van der Waals surface area contributed by atoms with Crippen molar-refractivity contribution in [1.82, 2.24) is 0 Å². The van der Waals surface area contributed by atoms with Crippen LogP contribution < -0.4 is 0 Å². The molecule has 0 saturated carbocycles. The van der Waals surface area contributed by atoms with Gasteiger partial charge in [-0.05, 0) is 33.7 Å². The minimum atomic E-state index is 0. The van der Waals surface area contributed by atoms with Crippen molar-refractivity contribution in [3.63, 3.8) is 0 Å². The van der Waals surface area contributed by atoms with Gasteiger partial charge in [0.2, 0.25) is 0 Å². The minimum Gasteiger partial charge on any atom is -0.0616 e. The zero-order valence-corrected chi connectivity index (χ0v) is 9.33. The molecule has 3 aromatic carbocycles. The molecular formula is C14H10Mn. The third-order valence-electron chi connectivity index (χ3n) is 2.61. The summed E-state index contributed by atoms with van der Waals surface area (Å²) >= 11 is 0. The second-order valence-corrected chi connectivity index (χ2v) is 3.55. The molecule has 0 unspecified atom stereocenters. The van der Waals surface area contributed by atoms with Crippen LogP contribution in [0.2, 0.25) is 0 Å². The second-order valence-electron chi connectivity index (χ2n) is 3.55. The summed E-state index contributed by atoms with van der Waals surface area (Å²) in [5, 5.41) is 5.25. The van der Waals surface area contributed by atoms with Crippen molar-refractivity contribution < 1.29 is 17.1 Å². The molecule has 0 nitrogen and oxygen atoms in total. The molecular weight excluding hydrogens is 223 g/mol. The Morgan fingerprint density at radius 2 is 0.733 bits per heavy atom. The maximum Gasteiger partial charge on any atom is 0 e. The third kappa shape index (κ3) is 1.77. The van der Waals surface area contributed by atoms with E-state index in [1.54, 1.807) is 0 Å². The molecule has 0 N–H and O–H groups in total. The molecule has 0 aromatic heterocycles. The standard InChI is InChI=1S/C14H10.Mn/c1-2-6-12-10-14-8-4-3-7-13(14)9-11(12)5-1;/h1-10H;. The van der Waals surface area contributed by atoms with Crippen LogP contribution in [0.5, 0.6) is 0 Å². The van der Waals surface area contributed by atoms with Crippen LogP contribution in [0.15, 0.2) is 60.7 Å². The number of fused-ring (bicyclic) bond motifs is 2. The van der Waals surface area contributed by atoms with E-state index in [0.29, 0.717) is 0 Å². The Morgan fingerprint density at radius 1 is 0.467 bits per heavy atom. The zero-order valence-electron chi connectivity index (χ0n) is 8.15. The van der Waals surface area contributed by atoms with Crippen LogP contribution in [-0.4, -0.2) is 0 Å². The second kappa shape index (κ2) is 4.06. The molecule has 0 aliphatic heterocycles. The summed E-state index contributed by atoms with van der Waals surface area (Å²) in [5.74, 6) is 0. The van der Waals surface area contributed by atoms with E-state index in [-0.39, 0.29) is 17.1 Å². The van der Waals surface area contributed by atoms with Crippen molar-refractivity contribution in [2.75, 3.05) is 0 Å². The summed E-state index contributed by atoms with van der Waals surface area (Å²) in [7, 11) is 0. The van der Waals surface area contributed by atoms with E-state index in [4.69, 9.17) is 0 Å². The molecule has 73 valence electrons. The third-order valence-corrected chi connectivity index (χ3v) is 2.61. The Morgan fingerprint density at radius 3 is 1.00 bits per heavy atom. The predicted molar refractivity (Wildman–Crippen MR) is 61.5 cm³/mol. The number of hydrogen-bond donors (Lipinski definition) is 0. The van der Waals surface area contributed by atoms with Gasteiger partial charge < -0.3 is 0 Å². The summed E-state index contributed by atoms with van der Waals surface area (Å²) in [5.41, 5.74) is 0. The van der Waals surface area contributed by atoms with Crippen molar-refractivity contribution in [1.29, 1.82) is 0 Å². The van der Waals surface area contributed by atoms with Gasteiger partial charge in [-0.15, -0.1) is 0 Å². The first-order valence-electron chi connectivity index (χ1n) is 4.81. The molecule has 0 fully saturated rings. The number of benzene rings is 3. The van der Waals surface area contributed by atoms with Crippen molar-refractivity contribution in [2.24, 2.45) is 0 Å². The van der Waals surface area contributed by atoms with Crippen LogP contribution in [-0.2, 0) is 17.1 Å². The molecule has 15 heavy (non-hydrogen) atoms. The summed E-state index contributed by atoms with van der Waals surface area (Å²) in [6.07, 6.45) is 0. The zero-order chi connectivity index (χ0) is 9.38. The fraction of sp³-hybridized carbons (Fsp3) is 0. The van der Waals surface area contributed by atoms with Crippen molar-refractivity contribution in [2.45, 2.75) is 0 Å². The van der Waals surface area contributed by atoms with Gasteiger partial charge in [0.15, 0.2) is 0 Å². The Balaban J connectivity index is 0.000000853. The molecule has 1 heteroatoms. The van der Waals surface area contributed by atoms with Crippen LogP contribution in [0, 0.1) is 0 Å². The molecule has 0 saturated heterocycles. The van der Waals surface area contributed by atoms with E-state index in [9.17, 15) is 0 Å². The van der Waals surface area contributed by atoms with Crippen LogP contribution in [0.4, 0.5) is 0 Å². The number of rotatable bonds is 0. The molecule has 3 aromatic rings. The first-order chi connectivity index (χ1) is 6.93. The van der Waals surface area contributed by atoms with E-state index >= 15 is 0 Å². The fourth-order valence-corrected chi connectivity index (χ4v) is 1.88. The Hall–Kier alpha value is -1.30. The van der Waals surface area contributed by atoms with Crippen LogP contribution in [0.1, 0.15) is 0 Å². The first kappa shape index (κ1) is 10.2. The van der Waals surface area contributed by atoms with Gasteiger partial charge in [0.05, 0.1) is 0 Å². The normalized spacial score (nSPS) is 10.1. The van der Waals surface area contributed by atoms with Gasteiger partial charge in [-0.2, -0.15) is 0 Å². The predicted octanol–water partition coefficient (Wildman–Crippen LogP) is 3.99. The Bertz CT molecular complexity index is 494. The van der Waals surface area contributed by atoms with Gasteiger partial charge in [0, 0.05) is 17.1 Å². The largest absolute Gasteiger partial charge is 0.0616 e. The van der Waals surface area contributed by atoms with Crippen molar-refractivity contribution >= 4 is 21.5 Å². The van der Waals surface area contributed by atoms with Crippen molar-refractivity contribution in [3.8, 4) is 0 Å². The summed E-state index contributed by atoms with van der Waals surface area (Å²) in [6, 6.07) is 21.4. The van der Waals surface area contributed by atoms with E-state index < -0.39 is 0 Å². The van der Waals surface area contributed by atoms with Crippen molar-refractivity contribution in [3.05, 3.63) is 60.7 Å². The van der Waals surface area contributed by atoms with Crippen LogP contribution in [0.25, 0.3) is 21.5 Å². The monoisotopic (exact) mass is 233 g/mol. The molecule has 3 rings (SSSR count). The maximum absolute atomic E-state index is 2.24. The summed E-state index contributed by atoms with van der Waals surface area (Å²) < 4.78 is 0. The smallest absolute Gasteiger partial charge is 0 e.